The number of methoxy groups -OCH3 is 2. The third kappa shape index (κ3) is 3.70. The largest absolute Gasteiger partial charge is 0.493 e. The highest BCUT2D eigenvalue weighted by Gasteiger charge is 2.39. The zero-order chi connectivity index (χ0) is 22.0. The minimum Gasteiger partial charge on any atom is -0.493 e. The van der Waals surface area contributed by atoms with Crippen molar-refractivity contribution < 1.29 is 23.5 Å². The van der Waals surface area contributed by atoms with Crippen LogP contribution in [-0.4, -0.2) is 32.2 Å². The maximum atomic E-state index is 13.5. The van der Waals surface area contributed by atoms with Gasteiger partial charge in [0.15, 0.2) is 11.5 Å². The fraction of sp³-hybridized carbons (Fsp3) is 0.208. The predicted octanol–water partition coefficient (Wildman–Crippen LogP) is 4.40. The normalized spacial score (nSPS) is 17.0. The molecule has 1 aliphatic rings. The first kappa shape index (κ1) is 20.4. The number of hydrogen-bond donors (Lipinski definition) is 0. The summed E-state index contributed by atoms with van der Waals surface area (Å²) >= 11 is 0. The molecule has 158 valence electrons. The van der Waals surface area contributed by atoms with Crippen LogP contribution in [0.15, 0.2) is 70.3 Å². The SMILES string of the molecule is COc1ccc(N2C(=O)c3ccccc3C(C=N[C@H](C)c3ccco3)C2=O)cc1OC. The number of aliphatic imine (C=N–C) groups is 1. The van der Waals surface area contributed by atoms with Gasteiger partial charge in [0.1, 0.15) is 11.8 Å². The second-order valence-electron chi connectivity index (χ2n) is 7.07. The van der Waals surface area contributed by atoms with Crippen molar-refractivity contribution in [1.82, 2.24) is 0 Å². The van der Waals surface area contributed by atoms with Gasteiger partial charge in [0, 0.05) is 17.8 Å². The van der Waals surface area contributed by atoms with E-state index in [1.807, 2.05) is 19.1 Å². The van der Waals surface area contributed by atoms with Crippen LogP contribution < -0.4 is 14.4 Å². The highest BCUT2D eigenvalue weighted by molar-refractivity contribution is 6.29. The smallest absolute Gasteiger partial charge is 0.265 e. The van der Waals surface area contributed by atoms with Crippen LogP contribution in [0.4, 0.5) is 5.69 Å². The van der Waals surface area contributed by atoms with Gasteiger partial charge < -0.3 is 13.9 Å². The van der Waals surface area contributed by atoms with Gasteiger partial charge in [-0.1, -0.05) is 18.2 Å². The number of carbonyl (C=O) groups is 2. The summed E-state index contributed by atoms with van der Waals surface area (Å²) in [4.78, 5) is 32.4. The van der Waals surface area contributed by atoms with Crippen molar-refractivity contribution in [3.05, 3.63) is 77.7 Å². The van der Waals surface area contributed by atoms with E-state index in [4.69, 9.17) is 13.9 Å². The van der Waals surface area contributed by atoms with Gasteiger partial charge in [-0.3, -0.25) is 14.6 Å². The van der Waals surface area contributed by atoms with Crippen LogP contribution in [0.5, 0.6) is 11.5 Å². The van der Waals surface area contributed by atoms with E-state index in [1.54, 1.807) is 54.9 Å². The van der Waals surface area contributed by atoms with E-state index in [0.29, 0.717) is 34.1 Å². The number of fused-ring (bicyclic) bond motifs is 1. The van der Waals surface area contributed by atoms with Crippen molar-refractivity contribution in [2.75, 3.05) is 19.1 Å². The number of rotatable bonds is 6. The molecular formula is C24H22N2O5. The Balaban J connectivity index is 1.75. The molecule has 2 heterocycles. The lowest BCUT2D eigenvalue weighted by molar-refractivity contribution is -0.118. The van der Waals surface area contributed by atoms with E-state index in [9.17, 15) is 9.59 Å². The summed E-state index contributed by atoms with van der Waals surface area (Å²) in [7, 11) is 3.03. The summed E-state index contributed by atoms with van der Waals surface area (Å²) in [6.07, 6.45) is 3.18. The zero-order valence-corrected chi connectivity index (χ0v) is 17.4. The second kappa shape index (κ2) is 8.47. The van der Waals surface area contributed by atoms with Crippen LogP contribution in [0, 0.1) is 0 Å². The van der Waals surface area contributed by atoms with E-state index >= 15 is 0 Å². The molecule has 0 bridgehead atoms. The molecular weight excluding hydrogens is 396 g/mol. The Kier molecular flexibility index (Phi) is 5.58. The van der Waals surface area contributed by atoms with Gasteiger partial charge in [0.25, 0.3) is 5.91 Å². The average molecular weight is 418 g/mol. The highest BCUT2D eigenvalue weighted by atomic mass is 16.5. The summed E-state index contributed by atoms with van der Waals surface area (Å²) < 4.78 is 16.0. The number of nitrogens with zero attached hydrogens (tertiary/aromatic N) is 2. The molecule has 1 aliphatic heterocycles. The molecule has 2 aromatic carbocycles. The quantitative estimate of drug-likeness (QED) is 0.438. The number of hydrogen-bond acceptors (Lipinski definition) is 6. The molecule has 2 atom stereocenters. The molecule has 0 aliphatic carbocycles. The number of ether oxygens (including phenoxy) is 2. The summed E-state index contributed by atoms with van der Waals surface area (Å²) in [6.45, 7) is 1.88. The van der Waals surface area contributed by atoms with Crippen LogP contribution >= 0.6 is 0 Å². The molecule has 4 rings (SSSR count). The first-order chi connectivity index (χ1) is 15.0. The third-order valence-corrected chi connectivity index (χ3v) is 5.25. The summed E-state index contributed by atoms with van der Waals surface area (Å²) in [6, 6.07) is 15.4. The minimum atomic E-state index is -0.709. The van der Waals surface area contributed by atoms with Gasteiger partial charge in [0.05, 0.1) is 32.1 Å². The molecule has 0 saturated carbocycles. The minimum absolute atomic E-state index is 0.262. The molecule has 3 aromatic rings. The Morgan fingerprint density at radius 3 is 2.52 bits per heavy atom. The predicted molar refractivity (Wildman–Crippen MR) is 116 cm³/mol. The van der Waals surface area contributed by atoms with Crippen molar-refractivity contribution in [2.45, 2.75) is 18.9 Å². The lowest BCUT2D eigenvalue weighted by Crippen LogP contribution is -2.45. The first-order valence-corrected chi connectivity index (χ1v) is 9.81. The lowest BCUT2D eigenvalue weighted by atomic mass is 9.88. The van der Waals surface area contributed by atoms with Crippen LogP contribution in [0.3, 0.4) is 0 Å². The van der Waals surface area contributed by atoms with Crippen LogP contribution in [-0.2, 0) is 4.79 Å². The van der Waals surface area contributed by atoms with Gasteiger partial charge in [-0.25, -0.2) is 4.90 Å². The monoisotopic (exact) mass is 418 g/mol. The molecule has 7 nitrogen and oxygen atoms in total. The van der Waals surface area contributed by atoms with Gasteiger partial charge in [-0.2, -0.15) is 0 Å². The third-order valence-electron chi connectivity index (χ3n) is 5.25. The van der Waals surface area contributed by atoms with E-state index in [0.717, 1.165) is 0 Å². The number of furan rings is 1. The Hall–Kier alpha value is -3.87. The second-order valence-corrected chi connectivity index (χ2v) is 7.07. The van der Waals surface area contributed by atoms with Crippen LogP contribution in [0.1, 0.15) is 40.6 Å². The van der Waals surface area contributed by atoms with E-state index < -0.39 is 11.8 Å². The topological polar surface area (TPSA) is 81.3 Å². The van der Waals surface area contributed by atoms with E-state index in [-0.39, 0.29) is 11.9 Å². The van der Waals surface area contributed by atoms with E-state index in [2.05, 4.69) is 4.99 Å². The Bertz CT molecular complexity index is 1140. The number of benzene rings is 2. The average Bonchev–Trinajstić information content (AvgIpc) is 3.34. The van der Waals surface area contributed by atoms with Gasteiger partial charge in [-0.05, 0) is 42.8 Å². The van der Waals surface area contributed by atoms with Crippen molar-refractivity contribution >= 4 is 23.7 Å². The highest BCUT2D eigenvalue weighted by Crippen LogP contribution is 2.36. The molecule has 0 fully saturated rings. The van der Waals surface area contributed by atoms with Crippen LogP contribution in [0.25, 0.3) is 0 Å². The van der Waals surface area contributed by atoms with Gasteiger partial charge >= 0.3 is 0 Å². The number of amides is 2. The summed E-state index contributed by atoms with van der Waals surface area (Å²) in [5, 5.41) is 0. The Morgan fingerprint density at radius 2 is 1.81 bits per heavy atom. The molecule has 0 saturated heterocycles. The van der Waals surface area contributed by atoms with E-state index in [1.165, 1.54) is 19.1 Å². The standard InChI is InChI=1S/C24H22N2O5/c1-15(20-9-6-12-31-20)25-14-19-17-7-4-5-8-18(17)23(27)26(24(19)28)16-10-11-21(29-2)22(13-16)30-3/h4-15,19H,1-3H3/t15-,19?/m1/s1. The molecule has 0 N–H and O–H groups in total. The van der Waals surface area contributed by atoms with Crippen molar-refractivity contribution in [1.29, 1.82) is 0 Å². The summed E-state index contributed by atoms with van der Waals surface area (Å²) in [5.74, 6) is 0.146. The maximum absolute atomic E-state index is 13.5. The number of imide groups is 1. The molecule has 7 heteroatoms. The molecule has 0 radical (unpaired) electrons. The Labute approximate surface area is 179 Å². The Morgan fingerprint density at radius 1 is 1.03 bits per heavy atom. The lowest BCUT2D eigenvalue weighted by Gasteiger charge is -2.31. The van der Waals surface area contributed by atoms with Gasteiger partial charge in [-0.15, -0.1) is 0 Å². The maximum Gasteiger partial charge on any atom is 0.265 e. The van der Waals surface area contributed by atoms with Crippen molar-refractivity contribution in [3.8, 4) is 11.5 Å². The van der Waals surface area contributed by atoms with Crippen molar-refractivity contribution in [2.24, 2.45) is 4.99 Å². The molecule has 2 amide bonds. The molecule has 1 unspecified atom stereocenters. The fourth-order valence-electron chi connectivity index (χ4n) is 3.63. The first-order valence-electron chi connectivity index (χ1n) is 9.81. The van der Waals surface area contributed by atoms with Crippen molar-refractivity contribution in [3.63, 3.8) is 0 Å². The number of carbonyl (C=O) groups excluding carboxylic acids is 2. The summed E-state index contributed by atoms with van der Waals surface area (Å²) in [5.41, 5.74) is 1.49. The van der Waals surface area contributed by atoms with Crippen LogP contribution in [0.2, 0.25) is 0 Å². The fourth-order valence-corrected chi connectivity index (χ4v) is 3.63. The molecule has 1 aromatic heterocycles. The zero-order valence-electron chi connectivity index (χ0n) is 17.4. The molecule has 31 heavy (non-hydrogen) atoms. The number of anilines is 1. The van der Waals surface area contributed by atoms with Gasteiger partial charge in [0.2, 0.25) is 5.91 Å². The molecule has 0 spiro atoms.